The van der Waals surface area contributed by atoms with E-state index in [0.717, 1.165) is 0 Å². The van der Waals surface area contributed by atoms with Gasteiger partial charge in [-0.05, 0) is 34.4 Å². The second kappa shape index (κ2) is 5.65. The zero-order valence-corrected chi connectivity index (χ0v) is 12.5. The lowest BCUT2D eigenvalue weighted by atomic mass is 9.92. The van der Waals surface area contributed by atoms with Gasteiger partial charge in [-0.15, -0.1) is 0 Å². The van der Waals surface area contributed by atoms with Gasteiger partial charge in [-0.1, -0.05) is 13.0 Å². The van der Waals surface area contributed by atoms with Crippen molar-refractivity contribution in [3.05, 3.63) is 35.0 Å². The van der Waals surface area contributed by atoms with Crippen molar-refractivity contribution in [2.45, 2.75) is 19.4 Å². The Balaban J connectivity index is 2.24. The van der Waals surface area contributed by atoms with Gasteiger partial charge in [0, 0.05) is 5.70 Å². The fourth-order valence-electron chi connectivity index (χ4n) is 2.71. The van der Waals surface area contributed by atoms with Gasteiger partial charge in [-0.25, -0.2) is 23.9 Å². The number of carbonyl (C=O) groups is 3. The fraction of sp³-hybridized carbons (Fsp3) is 0.214. The number of urea groups is 2. The number of aromatic nitrogens is 2. The van der Waals surface area contributed by atoms with E-state index < -0.39 is 24.1 Å². The summed E-state index contributed by atoms with van der Waals surface area (Å²) in [7, 11) is 0. The maximum absolute atomic E-state index is 12.2. The highest BCUT2D eigenvalue weighted by molar-refractivity contribution is 6.01. The van der Waals surface area contributed by atoms with Crippen LogP contribution >= 0.6 is 0 Å². The van der Waals surface area contributed by atoms with E-state index in [1.807, 2.05) is 0 Å². The molecule has 1 atom stereocenters. The number of aliphatic carboxylic acids is 1. The Bertz CT molecular complexity index is 887. The molecule has 0 saturated carbocycles. The second-order valence-electron chi connectivity index (χ2n) is 5.10. The van der Waals surface area contributed by atoms with Gasteiger partial charge in [0.05, 0.1) is 5.57 Å². The number of carboxylic acids is 1. The van der Waals surface area contributed by atoms with Crippen LogP contribution in [0, 0.1) is 0 Å². The number of carbonyl (C=O) groups excluding carboxylic acids is 2. The lowest BCUT2D eigenvalue weighted by molar-refractivity contribution is -0.133. The minimum atomic E-state index is -1.26. The molecule has 1 aliphatic heterocycles. The maximum atomic E-state index is 12.2. The predicted octanol–water partition coefficient (Wildman–Crippen LogP) is 1.12. The SMILES string of the molecule is CCC1=C(C(=O)O)C(c2ccc3nonc3c2)N(C(N)=O)C(=O)N1. The van der Waals surface area contributed by atoms with E-state index >= 15 is 0 Å². The molecule has 24 heavy (non-hydrogen) atoms. The smallest absolute Gasteiger partial charge is 0.335 e. The van der Waals surface area contributed by atoms with Crippen LogP contribution in [0.15, 0.2) is 34.1 Å². The molecule has 1 aliphatic rings. The largest absolute Gasteiger partial charge is 0.478 e. The number of rotatable bonds is 3. The van der Waals surface area contributed by atoms with Gasteiger partial charge in [-0.2, -0.15) is 0 Å². The van der Waals surface area contributed by atoms with Crippen molar-refractivity contribution < 1.29 is 24.1 Å². The molecule has 10 heteroatoms. The minimum Gasteiger partial charge on any atom is -0.478 e. The first-order valence-electron chi connectivity index (χ1n) is 7.02. The summed E-state index contributed by atoms with van der Waals surface area (Å²) in [4.78, 5) is 36.4. The van der Waals surface area contributed by atoms with E-state index in [1.165, 1.54) is 6.07 Å². The first-order chi connectivity index (χ1) is 11.4. The average Bonchev–Trinajstić information content (AvgIpc) is 3.00. The summed E-state index contributed by atoms with van der Waals surface area (Å²) in [5.74, 6) is -1.26. The van der Waals surface area contributed by atoms with Gasteiger partial charge in [0.15, 0.2) is 0 Å². The van der Waals surface area contributed by atoms with E-state index in [9.17, 15) is 19.5 Å². The van der Waals surface area contributed by atoms with Gasteiger partial charge in [0.25, 0.3) is 0 Å². The molecule has 0 fully saturated rings. The molecule has 0 saturated heterocycles. The van der Waals surface area contributed by atoms with Crippen LogP contribution in [0.4, 0.5) is 9.59 Å². The van der Waals surface area contributed by atoms with Crippen LogP contribution < -0.4 is 11.1 Å². The maximum Gasteiger partial charge on any atom is 0.335 e. The molecule has 4 amide bonds. The molecule has 2 aromatic rings. The number of benzene rings is 1. The van der Waals surface area contributed by atoms with Gasteiger partial charge in [-0.3, -0.25) is 0 Å². The van der Waals surface area contributed by atoms with Crippen molar-refractivity contribution in [1.82, 2.24) is 20.5 Å². The van der Waals surface area contributed by atoms with Crippen molar-refractivity contribution in [1.29, 1.82) is 0 Å². The number of amides is 4. The lowest BCUT2D eigenvalue weighted by Crippen LogP contribution is -2.53. The van der Waals surface area contributed by atoms with Gasteiger partial charge in [0.1, 0.15) is 17.1 Å². The van der Waals surface area contributed by atoms with E-state index in [0.29, 0.717) is 21.5 Å². The molecular weight excluding hydrogens is 318 g/mol. The van der Waals surface area contributed by atoms with Crippen molar-refractivity contribution in [3.8, 4) is 0 Å². The third kappa shape index (κ3) is 2.33. The van der Waals surface area contributed by atoms with Gasteiger partial charge in [0.2, 0.25) is 0 Å². The number of allylic oxidation sites excluding steroid dienone is 1. The van der Waals surface area contributed by atoms with E-state index in [4.69, 9.17) is 5.73 Å². The molecule has 0 aliphatic carbocycles. The molecule has 10 nitrogen and oxygen atoms in total. The zero-order chi connectivity index (χ0) is 17.4. The van der Waals surface area contributed by atoms with Crippen molar-refractivity contribution in [3.63, 3.8) is 0 Å². The highest BCUT2D eigenvalue weighted by atomic mass is 16.6. The Morgan fingerprint density at radius 3 is 2.71 bits per heavy atom. The summed E-state index contributed by atoms with van der Waals surface area (Å²) < 4.78 is 4.61. The predicted molar refractivity (Wildman–Crippen MR) is 79.5 cm³/mol. The zero-order valence-electron chi connectivity index (χ0n) is 12.5. The molecular formula is C14H13N5O5. The normalized spacial score (nSPS) is 18.0. The van der Waals surface area contributed by atoms with Gasteiger partial charge < -0.3 is 16.2 Å². The molecule has 0 spiro atoms. The molecule has 2 heterocycles. The molecule has 1 aromatic heterocycles. The third-order valence-electron chi connectivity index (χ3n) is 3.75. The topological polar surface area (TPSA) is 152 Å². The lowest BCUT2D eigenvalue weighted by Gasteiger charge is -2.35. The van der Waals surface area contributed by atoms with Gasteiger partial charge >= 0.3 is 18.0 Å². The van der Waals surface area contributed by atoms with Crippen LogP contribution in [-0.2, 0) is 4.79 Å². The first-order valence-corrected chi connectivity index (χ1v) is 7.02. The van der Waals surface area contributed by atoms with Crippen LogP contribution in [0.1, 0.15) is 24.9 Å². The fourth-order valence-corrected chi connectivity index (χ4v) is 2.71. The Morgan fingerprint density at radius 2 is 2.08 bits per heavy atom. The highest BCUT2D eigenvalue weighted by Crippen LogP contribution is 2.35. The molecule has 1 unspecified atom stereocenters. The van der Waals surface area contributed by atoms with E-state index in [1.54, 1.807) is 19.1 Å². The van der Waals surface area contributed by atoms with Crippen LogP contribution in [0.3, 0.4) is 0 Å². The molecule has 0 bridgehead atoms. The second-order valence-corrected chi connectivity index (χ2v) is 5.10. The standard InChI is InChI=1S/C14H13N5O5/c1-2-7-10(12(20)21)11(19(13(15)22)14(23)16-7)6-3-4-8-9(5-6)18-24-17-8/h3-5,11H,2H2,1H3,(H2,15,22)(H,16,23)(H,20,21). The average molecular weight is 331 g/mol. The number of hydrogen-bond acceptors (Lipinski definition) is 6. The number of hydrogen-bond donors (Lipinski definition) is 3. The Morgan fingerprint density at radius 1 is 1.38 bits per heavy atom. The van der Waals surface area contributed by atoms with Crippen molar-refractivity contribution in [2.75, 3.05) is 0 Å². The number of nitrogens with two attached hydrogens (primary N) is 1. The van der Waals surface area contributed by atoms with Crippen molar-refractivity contribution >= 4 is 29.1 Å². The molecule has 3 rings (SSSR count). The summed E-state index contributed by atoms with van der Waals surface area (Å²) in [6.45, 7) is 1.69. The van der Waals surface area contributed by atoms with Crippen LogP contribution in [0.2, 0.25) is 0 Å². The number of primary amides is 1. The number of nitrogens with zero attached hydrogens (tertiary/aromatic N) is 3. The molecule has 0 radical (unpaired) electrons. The number of imide groups is 1. The van der Waals surface area contributed by atoms with Crippen LogP contribution in [-0.4, -0.2) is 38.4 Å². The highest BCUT2D eigenvalue weighted by Gasteiger charge is 2.41. The quantitative estimate of drug-likeness (QED) is 0.761. The first kappa shape index (κ1) is 15.5. The van der Waals surface area contributed by atoms with Crippen LogP contribution in [0.25, 0.3) is 11.0 Å². The van der Waals surface area contributed by atoms with E-state index in [2.05, 4.69) is 20.3 Å². The number of nitrogens with one attached hydrogen (secondary N) is 1. The molecule has 124 valence electrons. The monoisotopic (exact) mass is 331 g/mol. The molecule has 1 aromatic carbocycles. The Kier molecular flexibility index (Phi) is 3.64. The summed E-state index contributed by atoms with van der Waals surface area (Å²) in [6, 6.07) is 1.57. The number of carboxylic acid groups (broad SMARTS) is 1. The summed E-state index contributed by atoms with van der Waals surface area (Å²) in [6.07, 6.45) is 0.268. The van der Waals surface area contributed by atoms with Crippen molar-refractivity contribution in [2.24, 2.45) is 5.73 Å². The summed E-state index contributed by atoms with van der Waals surface area (Å²) in [5, 5.41) is 19.3. The minimum absolute atomic E-state index is 0.133. The van der Waals surface area contributed by atoms with Crippen LogP contribution in [0.5, 0.6) is 0 Å². The molecule has 4 N–H and O–H groups in total. The number of fused-ring (bicyclic) bond motifs is 1. The Labute approximate surface area is 134 Å². The van der Waals surface area contributed by atoms with E-state index in [-0.39, 0.29) is 17.7 Å². The summed E-state index contributed by atoms with van der Waals surface area (Å²) >= 11 is 0. The summed E-state index contributed by atoms with van der Waals surface area (Å²) in [5.41, 5.74) is 6.56. The Hall–Kier alpha value is -3.43. The third-order valence-corrected chi connectivity index (χ3v) is 3.75.